The van der Waals surface area contributed by atoms with E-state index in [-0.39, 0.29) is 5.82 Å². The van der Waals surface area contributed by atoms with Gasteiger partial charge in [-0.15, -0.1) is 0 Å². The average molecular weight is 265 g/mol. The Kier molecular flexibility index (Phi) is 1.83. The Morgan fingerprint density at radius 3 is 2.40 bits per heavy atom. The van der Waals surface area contributed by atoms with Gasteiger partial charge in [-0.2, -0.15) is 0 Å². The van der Waals surface area contributed by atoms with Gasteiger partial charge in [0.1, 0.15) is 17.0 Å². The van der Waals surface area contributed by atoms with Crippen LogP contribution in [0.2, 0.25) is 0 Å². The van der Waals surface area contributed by atoms with Gasteiger partial charge >= 0.3 is 0 Å². The van der Waals surface area contributed by atoms with Crippen LogP contribution >= 0.6 is 15.9 Å². The van der Waals surface area contributed by atoms with Crippen molar-refractivity contribution in [2.45, 2.75) is 0 Å². The summed E-state index contributed by atoms with van der Waals surface area (Å²) in [6.07, 6.45) is 0. The third kappa shape index (κ3) is 1.20. The van der Waals surface area contributed by atoms with E-state index in [1.807, 2.05) is 18.2 Å². The van der Waals surface area contributed by atoms with E-state index >= 15 is 0 Å². The highest BCUT2D eigenvalue weighted by molar-refractivity contribution is 9.10. The van der Waals surface area contributed by atoms with Gasteiger partial charge in [-0.1, -0.05) is 28.1 Å². The molecule has 1 aromatic heterocycles. The molecule has 0 bridgehead atoms. The Labute approximate surface area is 93.6 Å². The first-order valence-corrected chi connectivity index (χ1v) is 5.32. The Balaban J connectivity index is 2.67. The minimum Gasteiger partial charge on any atom is -0.456 e. The molecular formula is C12H6BrFO. The van der Waals surface area contributed by atoms with Crippen LogP contribution in [0.15, 0.2) is 45.3 Å². The second-order valence-corrected chi connectivity index (χ2v) is 4.18. The molecule has 0 N–H and O–H groups in total. The smallest absolute Gasteiger partial charge is 0.138 e. The molecule has 3 aromatic rings. The van der Waals surface area contributed by atoms with Crippen molar-refractivity contribution in [3.63, 3.8) is 0 Å². The lowest BCUT2D eigenvalue weighted by Gasteiger charge is -1.93. The van der Waals surface area contributed by atoms with E-state index in [0.29, 0.717) is 16.6 Å². The van der Waals surface area contributed by atoms with Crippen LogP contribution in [0.5, 0.6) is 0 Å². The second kappa shape index (κ2) is 3.07. The minimum atomic E-state index is -0.252. The highest BCUT2D eigenvalue weighted by atomic mass is 79.9. The van der Waals surface area contributed by atoms with Gasteiger partial charge in [-0.05, 0) is 24.3 Å². The minimum absolute atomic E-state index is 0.252. The average Bonchev–Trinajstić information content (AvgIpc) is 2.58. The molecule has 0 saturated carbocycles. The molecule has 1 nitrogen and oxygen atoms in total. The van der Waals surface area contributed by atoms with Crippen molar-refractivity contribution in [1.29, 1.82) is 0 Å². The predicted molar refractivity (Wildman–Crippen MR) is 61.4 cm³/mol. The van der Waals surface area contributed by atoms with Crippen LogP contribution in [0.3, 0.4) is 0 Å². The third-order valence-electron chi connectivity index (χ3n) is 2.42. The van der Waals surface area contributed by atoms with Crippen LogP contribution in [-0.2, 0) is 0 Å². The van der Waals surface area contributed by atoms with Crippen LogP contribution in [0.25, 0.3) is 21.9 Å². The lowest BCUT2D eigenvalue weighted by Crippen LogP contribution is -1.75. The fourth-order valence-electron chi connectivity index (χ4n) is 1.78. The molecule has 1 heterocycles. The van der Waals surface area contributed by atoms with E-state index < -0.39 is 0 Å². The second-order valence-electron chi connectivity index (χ2n) is 3.33. The number of benzene rings is 2. The van der Waals surface area contributed by atoms with E-state index in [4.69, 9.17) is 4.42 Å². The Morgan fingerprint density at radius 2 is 1.60 bits per heavy atom. The van der Waals surface area contributed by atoms with Gasteiger partial charge < -0.3 is 4.42 Å². The van der Waals surface area contributed by atoms with Gasteiger partial charge in [0.05, 0.1) is 5.39 Å². The number of hydrogen-bond acceptors (Lipinski definition) is 1. The molecule has 74 valence electrons. The summed E-state index contributed by atoms with van der Waals surface area (Å²) in [4.78, 5) is 0. The standard InChI is InChI=1S/C12H6BrFO/c13-7-3-1-5-9-11(7)12-8(14)4-2-6-10(12)15-9/h1-6H. The quantitative estimate of drug-likeness (QED) is 0.583. The molecule has 3 heteroatoms. The summed E-state index contributed by atoms with van der Waals surface area (Å²) in [6, 6.07) is 10.4. The Bertz CT molecular complexity index is 601. The summed E-state index contributed by atoms with van der Waals surface area (Å²) in [6.45, 7) is 0. The number of halogens is 2. The Morgan fingerprint density at radius 1 is 0.933 bits per heavy atom. The first kappa shape index (κ1) is 8.92. The van der Waals surface area contributed by atoms with E-state index in [2.05, 4.69) is 15.9 Å². The zero-order valence-corrected chi connectivity index (χ0v) is 9.21. The third-order valence-corrected chi connectivity index (χ3v) is 3.08. The summed E-state index contributed by atoms with van der Waals surface area (Å²) in [5, 5.41) is 1.34. The van der Waals surface area contributed by atoms with Crippen molar-refractivity contribution in [2.24, 2.45) is 0 Å². The largest absolute Gasteiger partial charge is 0.456 e. The fourth-order valence-corrected chi connectivity index (χ4v) is 2.33. The molecule has 2 aromatic carbocycles. The molecular weight excluding hydrogens is 259 g/mol. The molecule has 15 heavy (non-hydrogen) atoms. The number of fused-ring (bicyclic) bond motifs is 3. The van der Waals surface area contributed by atoms with Crippen molar-refractivity contribution < 1.29 is 8.81 Å². The first-order valence-electron chi connectivity index (χ1n) is 4.52. The number of hydrogen-bond donors (Lipinski definition) is 0. The maximum atomic E-state index is 13.6. The van der Waals surface area contributed by atoms with Crippen LogP contribution in [0.1, 0.15) is 0 Å². The predicted octanol–water partition coefficient (Wildman–Crippen LogP) is 4.49. The summed E-state index contributed by atoms with van der Waals surface area (Å²) < 4.78 is 20.0. The van der Waals surface area contributed by atoms with Crippen LogP contribution in [0, 0.1) is 5.82 Å². The molecule has 0 aliphatic heterocycles. The molecule has 0 aliphatic rings. The van der Waals surface area contributed by atoms with Crippen molar-refractivity contribution in [3.05, 3.63) is 46.7 Å². The van der Waals surface area contributed by atoms with E-state index in [9.17, 15) is 4.39 Å². The summed E-state index contributed by atoms with van der Waals surface area (Å²) in [7, 11) is 0. The van der Waals surface area contributed by atoms with Crippen LogP contribution in [0.4, 0.5) is 4.39 Å². The molecule has 0 fully saturated rings. The molecule has 0 aliphatic carbocycles. The van der Waals surface area contributed by atoms with Gasteiger partial charge in [0, 0.05) is 9.86 Å². The molecule has 0 radical (unpaired) electrons. The highest BCUT2D eigenvalue weighted by Crippen LogP contribution is 2.35. The van der Waals surface area contributed by atoms with Crippen LogP contribution in [-0.4, -0.2) is 0 Å². The molecule has 0 unspecified atom stereocenters. The summed E-state index contributed by atoms with van der Waals surface area (Å²) in [5.74, 6) is -0.252. The van der Waals surface area contributed by atoms with E-state index in [1.54, 1.807) is 12.1 Å². The monoisotopic (exact) mass is 264 g/mol. The van der Waals surface area contributed by atoms with Gasteiger partial charge in [-0.25, -0.2) is 4.39 Å². The maximum Gasteiger partial charge on any atom is 0.138 e. The fraction of sp³-hybridized carbons (Fsp3) is 0. The van der Waals surface area contributed by atoms with Crippen molar-refractivity contribution in [1.82, 2.24) is 0 Å². The number of rotatable bonds is 0. The van der Waals surface area contributed by atoms with Gasteiger partial charge in [0.15, 0.2) is 0 Å². The van der Waals surface area contributed by atoms with Crippen molar-refractivity contribution in [3.8, 4) is 0 Å². The lowest BCUT2D eigenvalue weighted by atomic mass is 10.1. The Hall–Kier alpha value is -1.35. The number of furan rings is 1. The lowest BCUT2D eigenvalue weighted by molar-refractivity contribution is 0.634. The topological polar surface area (TPSA) is 13.1 Å². The maximum absolute atomic E-state index is 13.6. The summed E-state index contributed by atoms with van der Waals surface area (Å²) >= 11 is 3.40. The molecule has 0 amide bonds. The molecule has 0 saturated heterocycles. The zero-order valence-electron chi connectivity index (χ0n) is 7.63. The van der Waals surface area contributed by atoms with Gasteiger partial charge in [0.25, 0.3) is 0 Å². The molecule has 3 rings (SSSR count). The zero-order chi connectivity index (χ0) is 10.4. The van der Waals surface area contributed by atoms with E-state index in [0.717, 1.165) is 9.86 Å². The van der Waals surface area contributed by atoms with Gasteiger partial charge in [-0.3, -0.25) is 0 Å². The summed E-state index contributed by atoms with van der Waals surface area (Å²) in [5.41, 5.74) is 1.28. The van der Waals surface area contributed by atoms with E-state index in [1.165, 1.54) is 6.07 Å². The normalized spacial score (nSPS) is 11.3. The molecule has 0 atom stereocenters. The first-order chi connectivity index (χ1) is 7.27. The SMILES string of the molecule is Fc1cccc2oc3cccc(Br)c3c12. The molecule has 0 spiro atoms. The van der Waals surface area contributed by atoms with Crippen molar-refractivity contribution in [2.75, 3.05) is 0 Å². The van der Waals surface area contributed by atoms with Crippen LogP contribution < -0.4 is 0 Å². The van der Waals surface area contributed by atoms with Crippen molar-refractivity contribution >= 4 is 37.9 Å². The highest BCUT2D eigenvalue weighted by Gasteiger charge is 2.12. The van der Waals surface area contributed by atoms with Gasteiger partial charge in [0.2, 0.25) is 0 Å².